The van der Waals surface area contributed by atoms with Crippen molar-refractivity contribution < 1.29 is 9.53 Å². The van der Waals surface area contributed by atoms with Gasteiger partial charge in [0.1, 0.15) is 5.75 Å². The average molecular weight is 436 g/mol. The topological polar surface area (TPSA) is 50.4 Å². The number of para-hydroxylation sites is 3. The monoisotopic (exact) mass is 436 g/mol. The summed E-state index contributed by atoms with van der Waals surface area (Å²) in [5.41, 5.74) is 1.70. The molecule has 0 aromatic heterocycles. The minimum absolute atomic E-state index is 0.0743. The third-order valence-corrected chi connectivity index (χ3v) is 5.01. The zero-order valence-corrected chi connectivity index (χ0v) is 15.6. The lowest BCUT2D eigenvalue weighted by atomic mass is 10.2. The lowest BCUT2D eigenvalue weighted by Crippen LogP contribution is -2.22. The van der Waals surface area contributed by atoms with Gasteiger partial charge in [0.25, 0.3) is 0 Å². The van der Waals surface area contributed by atoms with E-state index in [1.165, 1.54) is 12.8 Å². The molecule has 1 aliphatic rings. The minimum atomic E-state index is -0.0743. The fourth-order valence-electron chi connectivity index (χ4n) is 2.83. The van der Waals surface area contributed by atoms with Crippen LogP contribution in [0.2, 0.25) is 0 Å². The van der Waals surface area contributed by atoms with Gasteiger partial charge in [-0.2, -0.15) is 0 Å². The molecule has 1 aliphatic carbocycles. The summed E-state index contributed by atoms with van der Waals surface area (Å²) in [6.07, 6.45) is 4.99. The number of halogens is 1. The van der Waals surface area contributed by atoms with Crippen molar-refractivity contribution in [3.05, 3.63) is 52.1 Å². The van der Waals surface area contributed by atoms with Gasteiger partial charge in [0.15, 0.2) is 0 Å². The first-order valence-electron chi connectivity index (χ1n) is 8.26. The van der Waals surface area contributed by atoms with Crippen LogP contribution >= 0.6 is 22.6 Å². The van der Waals surface area contributed by atoms with Crippen LogP contribution in [0, 0.1) is 3.57 Å². The number of amides is 1. The molecule has 1 fully saturated rings. The Kier molecular flexibility index (Phi) is 5.96. The Morgan fingerprint density at radius 3 is 2.46 bits per heavy atom. The van der Waals surface area contributed by atoms with Gasteiger partial charge < -0.3 is 15.4 Å². The van der Waals surface area contributed by atoms with Crippen molar-refractivity contribution in [3.8, 4) is 5.75 Å². The number of carbonyl (C=O) groups excluding carboxylic acids is 1. The smallest absolute Gasteiger partial charge is 0.243 e. The summed E-state index contributed by atoms with van der Waals surface area (Å²) in [6, 6.07) is 15.5. The highest BCUT2D eigenvalue weighted by Crippen LogP contribution is 2.29. The number of hydrogen-bond acceptors (Lipinski definition) is 3. The number of ether oxygens (including phenoxy) is 1. The number of carbonyl (C=O) groups is 1. The zero-order valence-electron chi connectivity index (χ0n) is 13.4. The molecular weight excluding hydrogens is 415 g/mol. The van der Waals surface area contributed by atoms with Gasteiger partial charge in [0.05, 0.1) is 24.0 Å². The van der Waals surface area contributed by atoms with E-state index in [0.29, 0.717) is 6.10 Å². The molecule has 126 valence electrons. The van der Waals surface area contributed by atoms with Crippen LogP contribution in [-0.2, 0) is 4.79 Å². The Balaban J connectivity index is 1.58. The van der Waals surface area contributed by atoms with Crippen LogP contribution in [0.4, 0.5) is 11.4 Å². The molecular formula is C19H21IN2O2. The summed E-state index contributed by atoms with van der Waals surface area (Å²) in [5, 5.41) is 6.11. The molecule has 2 aromatic rings. The lowest BCUT2D eigenvalue weighted by Gasteiger charge is -2.17. The molecule has 24 heavy (non-hydrogen) atoms. The van der Waals surface area contributed by atoms with Gasteiger partial charge in [-0.25, -0.2) is 0 Å². The SMILES string of the molecule is O=C(CNc1ccccc1OC1CCCC1)Nc1ccccc1I. The fraction of sp³-hybridized carbons (Fsp3) is 0.316. The van der Waals surface area contributed by atoms with Crippen LogP contribution in [0.15, 0.2) is 48.5 Å². The maximum absolute atomic E-state index is 12.2. The molecule has 1 amide bonds. The summed E-state index contributed by atoms with van der Waals surface area (Å²) >= 11 is 2.21. The molecule has 0 bridgehead atoms. The number of nitrogens with one attached hydrogen (secondary N) is 2. The van der Waals surface area contributed by atoms with Crippen molar-refractivity contribution >= 4 is 39.9 Å². The lowest BCUT2D eigenvalue weighted by molar-refractivity contribution is -0.114. The average Bonchev–Trinajstić information content (AvgIpc) is 3.09. The quantitative estimate of drug-likeness (QED) is 0.648. The number of rotatable bonds is 6. The molecule has 0 heterocycles. The van der Waals surface area contributed by atoms with E-state index in [9.17, 15) is 4.79 Å². The summed E-state index contributed by atoms with van der Waals surface area (Å²) in [5.74, 6) is 0.751. The second kappa shape index (κ2) is 8.37. The third kappa shape index (κ3) is 4.63. The normalized spacial score (nSPS) is 14.4. The van der Waals surface area contributed by atoms with Crippen LogP contribution in [0.5, 0.6) is 5.75 Å². The molecule has 2 N–H and O–H groups in total. The van der Waals surface area contributed by atoms with E-state index in [0.717, 1.165) is 33.5 Å². The van der Waals surface area contributed by atoms with Gasteiger partial charge in [0, 0.05) is 3.57 Å². The molecule has 1 saturated carbocycles. The Hall–Kier alpha value is -1.76. The second-order valence-electron chi connectivity index (χ2n) is 5.90. The molecule has 0 saturated heterocycles. The molecule has 3 rings (SSSR count). The highest BCUT2D eigenvalue weighted by molar-refractivity contribution is 14.1. The van der Waals surface area contributed by atoms with Crippen LogP contribution in [0.3, 0.4) is 0 Å². The first-order chi connectivity index (χ1) is 11.7. The summed E-state index contributed by atoms with van der Waals surface area (Å²) in [7, 11) is 0. The van der Waals surface area contributed by atoms with Crippen LogP contribution in [-0.4, -0.2) is 18.6 Å². The predicted octanol–water partition coefficient (Wildman–Crippen LogP) is 4.66. The van der Waals surface area contributed by atoms with E-state index in [2.05, 4.69) is 33.2 Å². The van der Waals surface area contributed by atoms with Crippen molar-refractivity contribution in [1.82, 2.24) is 0 Å². The van der Waals surface area contributed by atoms with Crippen molar-refractivity contribution in [2.24, 2.45) is 0 Å². The summed E-state index contributed by atoms with van der Waals surface area (Å²) < 4.78 is 7.10. The van der Waals surface area contributed by atoms with Crippen molar-refractivity contribution in [1.29, 1.82) is 0 Å². The molecule has 0 spiro atoms. The van der Waals surface area contributed by atoms with Crippen LogP contribution in [0.25, 0.3) is 0 Å². The van der Waals surface area contributed by atoms with E-state index >= 15 is 0 Å². The molecule has 2 aromatic carbocycles. The van der Waals surface area contributed by atoms with Gasteiger partial charge in [-0.1, -0.05) is 24.3 Å². The van der Waals surface area contributed by atoms with Gasteiger partial charge in [-0.15, -0.1) is 0 Å². The van der Waals surface area contributed by atoms with Crippen molar-refractivity contribution in [2.45, 2.75) is 31.8 Å². The van der Waals surface area contributed by atoms with Gasteiger partial charge >= 0.3 is 0 Å². The van der Waals surface area contributed by atoms with Crippen LogP contribution < -0.4 is 15.4 Å². The summed E-state index contributed by atoms with van der Waals surface area (Å²) in [6.45, 7) is 0.204. The van der Waals surface area contributed by atoms with Crippen LogP contribution in [0.1, 0.15) is 25.7 Å². The summed E-state index contributed by atoms with van der Waals surface area (Å²) in [4.78, 5) is 12.2. The molecule has 0 atom stereocenters. The third-order valence-electron chi connectivity index (χ3n) is 4.07. The Morgan fingerprint density at radius 2 is 1.71 bits per heavy atom. The standard InChI is InChI=1S/C19H21IN2O2/c20-15-9-3-4-10-16(15)22-19(23)13-21-17-11-5-6-12-18(17)24-14-7-1-2-8-14/h3-6,9-12,14,21H,1-2,7-8,13H2,(H,22,23). The number of anilines is 2. The Labute approximate surface area is 156 Å². The largest absolute Gasteiger partial charge is 0.488 e. The first-order valence-corrected chi connectivity index (χ1v) is 9.34. The molecule has 5 heteroatoms. The second-order valence-corrected chi connectivity index (χ2v) is 7.06. The Bertz CT molecular complexity index is 699. The van der Waals surface area contributed by atoms with Crippen molar-refractivity contribution in [3.63, 3.8) is 0 Å². The molecule has 4 nitrogen and oxygen atoms in total. The van der Waals surface area contributed by atoms with E-state index in [-0.39, 0.29) is 12.5 Å². The van der Waals surface area contributed by atoms with Gasteiger partial charge in [0.2, 0.25) is 5.91 Å². The number of benzene rings is 2. The van der Waals surface area contributed by atoms with E-state index in [4.69, 9.17) is 4.74 Å². The van der Waals surface area contributed by atoms with E-state index in [1.807, 2.05) is 48.5 Å². The first kappa shape index (κ1) is 17.1. The van der Waals surface area contributed by atoms with Gasteiger partial charge in [-0.05, 0) is 72.5 Å². The maximum atomic E-state index is 12.2. The highest BCUT2D eigenvalue weighted by Gasteiger charge is 2.18. The van der Waals surface area contributed by atoms with Gasteiger partial charge in [-0.3, -0.25) is 4.79 Å². The minimum Gasteiger partial charge on any atom is -0.488 e. The molecule has 0 radical (unpaired) electrons. The van der Waals surface area contributed by atoms with E-state index in [1.54, 1.807) is 0 Å². The van der Waals surface area contributed by atoms with Crippen molar-refractivity contribution in [2.75, 3.05) is 17.2 Å². The number of hydrogen-bond donors (Lipinski definition) is 2. The fourth-order valence-corrected chi connectivity index (χ4v) is 3.36. The highest BCUT2D eigenvalue weighted by atomic mass is 127. The predicted molar refractivity (Wildman–Crippen MR) is 106 cm³/mol. The molecule has 0 aliphatic heterocycles. The maximum Gasteiger partial charge on any atom is 0.243 e. The Morgan fingerprint density at radius 1 is 1.04 bits per heavy atom. The zero-order chi connectivity index (χ0) is 16.8. The molecule has 0 unspecified atom stereocenters. The van der Waals surface area contributed by atoms with E-state index < -0.39 is 0 Å².